The Hall–Kier alpha value is -2.16. The lowest BCUT2D eigenvalue weighted by molar-refractivity contribution is -0.144. The van der Waals surface area contributed by atoms with Gasteiger partial charge < -0.3 is 4.74 Å². The third-order valence-electron chi connectivity index (χ3n) is 3.95. The summed E-state index contributed by atoms with van der Waals surface area (Å²) in [7, 11) is -2.98. The molecule has 4 nitrogen and oxygen atoms in total. The van der Waals surface area contributed by atoms with Crippen molar-refractivity contribution in [3.8, 4) is 0 Å². The highest BCUT2D eigenvalue weighted by molar-refractivity contribution is 7.76. The largest absolute Gasteiger partial charge is 0.458 e. The molecule has 2 aromatic rings. The molecular formula is C19H20NO3P. The second-order valence-corrected chi connectivity index (χ2v) is 8.29. The molecular weight excluding hydrogens is 321 g/mol. The Balaban J connectivity index is 1.87. The Morgan fingerprint density at radius 3 is 2.04 bits per heavy atom. The lowest BCUT2D eigenvalue weighted by atomic mass is 10.2. The fourth-order valence-corrected chi connectivity index (χ4v) is 5.31. The zero-order chi connectivity index (χ0) is 17.0. The van der Waals surface area contributed by atoms with Crippen molar-refractivity contribution in [3.63, 3.8) is 0 Å². The number of esters is 1. The van der Waals surface area contributed by atoms with Crippen LogP contribution >= 0.6 is 7.29 Å². The van der Waals surface area contributed by atoms with Gasteiger partial charge in [-0.2, -0.15) is 0 Å². The molecule has 0 aliphatic heterocycles. The summed E-state index contributed by atoms with van der Waals surface area (Å²) >= 11 is 0. The first kappa shape index (κ1) is 16.7. The summed E-state index contributed by atoms with van der Waals surface area (Å²) in [6, 6.07) is 18.8. The van der Waals surface area contributed by atoms with E-state index in [0.717, 1.165) is 10.6 Å². The zero-order valence-electron chi connectivity index (χ0n) is 13.5. The molecule has 0 spiro atoms. The van der Waals surface area contributed by atoms with Crippen molar-refractivity contribution in [1.82, 2.24) is 5.09 Å². The summed E-state index contributed by atoms with van der Waals surface area (Å²) in [4.78, 5) is 11.1. The van der Waals surface area contributed by atoms with Crippen molar-refractivity contribution in [1.29, 1.82) is 0 Å². The standard InChI is InChI=1S/C19H20NO3P/c1-15(21)23-17-13-12-16(14-17)20-24(22,18-8-4-2-5-9-18)19-10-6-3-7-11-19/h2-13,16-17H,14H2,1H3,(H,20,22)/t16-,17+/m1/s1. The van der Waals surface area contributed by atoms with Crippen LogP contribution in [0.1, 0.15) is 13.3 Å². The predicted octanol–water partition coefficient (Wildman–Crippen LogP) is 2.77. The van der Waals surface area contributed by atoms with Crippen molar-refractivity contribution in [2.75, 3.05) is 0 Å². The third kappa shape index (κ3) is 3.66. The fraction of sp³-hybridized carbons (Fsp3) is 0.211. The summed E-state index contributed by atoms with van der Waals surface area (Å²) in [6.07, 6.45) is 4.09. The zero-order valence-corrected chi connectivity index (χ0v) is 14.4. The molecule has 2 aromatic carbocycles. The van der Waals surface area contributed by atoms with Gasteiger partial charge in [-0.3, -0.25) is 14.4 Å². The molecule has 2 atom stereocenters. The van der Waals surface area contributed by atoms with Crippen molar-refractivity contribution in [3.05, 3.63) is 72.8 Å². The summed E-state index contributed by atoms with van der Waals surface area (Å²) in [5, 5.41) is 4.83. The minimum absolute atomic E-state index is 0.111. The van der Waals surface area contributed by atoms with Gasteiger partial charge in [-0.1, -0.05) is 42.5 Å². The normalized spacial score (nSPS) is 20.0. The van der Waals surface area contributed by atoms with Crippen LogP contribution in [-0.4, -0.2) is 18.1 Å². The Morgan fingerprint density at radius 2 is 1.54 bits per heavy atom. The van der Waals surface area contributed by atoms with Crippen molar-refractivity contribution >= 4 is 23.9 Å². The lowest BCUT2D eigenvalue weighted by Gasteiger charge is -2.24. The third-order valence-corrected chi connectivity index (χ3v) is 6.69. The Bertz CT molecular complexity index is 730. The van der Waals surface area contributed by atoms with E-state index >= 15 is 0 Å². The van der Waals surface area contributed by atoms with E-state index in [1.165, 1.54) is 6.92 Å². The fourth-order valence-electron chi connectivity index (χ4n) is 2.87. The summed E-state index contributed by atoms with van der Waals surface area (Å²) in [5.41, 5.74) is 0. The van der Waals surface area contributed by atoms with Crippen LogP contribution in [0.25, 0.3) is 0 Å². The average molecular weight is 341 g/mol. The monoisotopic (exact) mass is 341 g/mol. The predicted molar refractivity (Wildman–Crippen MR) is 96.0 cm³/mol. The van der Waals surface area contributed by atoms with E-state index < -0.39 is 7.29 Å². The molecule has 0 fully saturated rings. The molecule has 0 bridgehead atoms. The molecule has 1 aliphatic rings. The molecule has 1 aliphatic carbocycles. The lowest BCUT2D eigenvalue weighted by Crippen LogP contribution is -2.34. The first-order valence-corrected chi connectivity index (χ1v) is 9.63. The SMILES string of the molecule is CC(=O)O[C@H]1C=C[C@@H](NP(=O)(c2ccccc2)c2ccccc2)C1. The van der Waals surface area contributed by atoms with Gasteiger partial charge >= 0.3 is 5.97 Å². The molecule has 0 aromatic heterocycles. The van der Waals surface area contributed by atoms with Crippen LogP contribution in [0.2, 0.25) is 0 Å². The maximum absolute atomic E-state index is 13.8. The van der Waals surface area contributed by atoms with Gasteiger partial charge in [0.2, 0.25) is 7.29 Å². The van der Waals surface area contributed by atoms with E-state index in [-0.39, 0.29) is 18.1 Å². The molecule has 24 heavy (non-hydrogen) atoms. The number of hydrogen-bond acceptors (Lipinski definition) is 3. The number of carbonyl (C=O) groups excluding carboxylic acids is 1. The van der Waals surface area contributed by atoms with Gasteiger partial charge in [0.05, 0.1) is 0 Å². The van der Waals surface area contributed by atoms with E-state index in [1.54, 1.807) is 0 Å². The van der Waals surface area contributed by atoms with Crippen LogP contribution in [0, 0.1) is 0 Å². The second kappa shape index (κ2) is 7.16. The van der Waals surface area contributed by atoms with Gasteiger partial charge in [0.25, 0.3) is 0 Å². The topological polar surface area (TPSA) is 55.4 Å². The molecule has 0 saturated heterocycles. The number of hydrogen-bond donors (Lipinski definition) is 1. The molecule has 0 saturated carbocycles. The quantitative estimate of drug-likeness (QED) is 0.516. The number of benzene rings is 2. The molecule has 0 radical (unpaired) electrons. The molecule has 0 heterocycles. The van der Waals surface area contributed by atoms with Crippen LogP contribution in [0.3, 0.4) is 0 Å². The van der Waals surface area contributed by atoms with Gasteiger partial charge in [-0.25, -0.2) is 0 Å². The minimum atomic E-state index is -2.98. The van der Waals surface area contributed by atoms with Gasteiger partial charge in [0, 0.05) is 30.0 Å². The highest BCUT2D eigenvalue weighted by Gasteiger charge is 2.32. The molecule has 5 heteroatoms. The van der Waals surface area contributed by atoms with Crippen LogP contribution in [0.4, 0.5) is 0 Å². The smallest absolute Gasteiger partial charge is 0.303 e. The van der Waals surface area contributed by atoms with E-state index in [2.05, 4.69) is 5.09 Å². The van der Waals surface area contributed by atoms with Gasteiger partial charge in [-0.05, 0) is 30.3 Å². The van der Waals surface area contributed by atoms with E-state index in [1.807, 2.05) is 72.8 Å². The van der Waals surface area contributed by atoms with E-state index in [0.29, 0.717) is 6.42 Å². The number of carbonyl (C=O) groups is 1. The molecule has 124 valence electrons. The van der Waals surface area contributed by atoms with Crippen molar-refractivity contribution in [2.45, 2.75) is 25.5 Å². The van der Waals surface area contributed by atoms with E-state index in [4.69, 9.17) is 4.74 Å². The first-order valence-electron chi connectivity index (χ1n) is 7.92. The maximum atomic E-state index is 13.8. The van der Waals surface area contributed by atoms with Gasteiger partial charge in [0.15, 0.2) is 0 Å². The summed E-state index contributed by atoms with van der Waals surface area (Å²) < 4.78 is 19.1. The average Bonchev–Trinajstić information content (AvgIpc) is 3.02. The number of ether oxygens (including phenoxy) is 1. The maximum Gasteiger partial charge on any atom is 0.303 e. The highest BCUT2D eigenvalue weighted by atomic mass is 31.2. The molecule has 3 rings (SSSR count). The minimum Gasteiger partial charge on any atom is -0.458 e. The van der Waals surface area contributed by atoms with Crippen LogP contribution in [-0.2, 0) is 14.1 Å². The van der Waals surface area contributed by atoms with Crippen LogP contribution in [0.5, 0.6) is 0 Å². The summed E-state index contributed by atoms with van der Waals surface area (Å²) in [5.74, 6) is -0.306. The van der Waals surface area contributed by atoms with Gasteiger partial charge in [-0.15, -0.1) is 0 Å². The highest BCUT2D eigenvalue weighted by Crippen LogP contribution is 2.40. The van der Waals surface area contributed by atoms with Crippen molar-refractivity contribution < 1.29 is 14.1 Å². The van der Waals surface area contributed by atoms with Crippen LogP contribution < -0.4 is 15.7 Å². The molecule has 1 N–H and O–H groups in total. The van der Waals surface area contributed by atoms with E-state index in [9.17, 15) is 9.36 Å². The number of rotatable bonds is 5. The first-order chi connectivity index (χ1) is 11.6. The molecule has 0 unspecified atom stereocenters. The van der Waals surface area contributed by atoms with Gasteiger partial charge in [0.1, 0.15) is 6.10 Å². The number of nitrogens with one attached hydrogen (secondary N) is 1. The summed E-state index contributed by atoms with van der Waals surface area (Å²) in [6.45, 7) is 1.40. The second-order valence-electron chi connectivity index (χ2n) is 5.78. The Morgan fingerprint density at radius 1 is 1.00 bits per heavy atom. The molecule has 0 amide bonds. The Kier molecular flexibility index (Phi) is 4.98. The van der Waals surface area contributed by atoms with Crippen LogP contribution in [0.15, 0.2) is 72.8 Å². The van der Waals surface area contributed by atoms with Crippen molar-refractivity contribution in [2.24, 2.45) is 0 Å². The Labute approximate surface area is 142 Å².